The molecule has 0 saturated carbocycles. The van der Waals surface area contributed by atoms with Gasteiger partial charge in [0.25, 0.3) is 0 Å². The van der Waals surface area contributed by atoms with Gasteiger partial charge < -0.3 is 5.73 Å². The third kappa shape index (κ3) is 4.20. The van der Waals surface area contributed by atoms with Gasteiger partial charge in [0, 0.05) is 12.7 Å². The molecule has 0 fully saturated rings. The van der Waals surface area contributed by atoms with E-state index in [0.29, 0.717) is 18.8 Å². The number of sulfonamides is 1. The van der Waals surface area contributed by atoms with Crippen LogP contribution in [0.5, 0.6) is 0 Å². The van der Waals surface area contributed by atoms with Crippen molar-refractivity contribution in [2.24, 2.45) is 0 Å². The van der Waals surface area contributed by atoms with Gasteiger partial charge in [-0.25, -0.2) is 18.1 Å². The predicted octanol–water partition coefficient (Wildman–Crippen LogP) is -0.244. The third-order valence-corrected chi connectivity index (χ3v) is 2.35. The van der Waals surface area contributed by atoms with Gasteiger partial charge >= 0.3 is 0 Å². The molecular weight excluding hydrogens is 202 g/mol. The summed E-state index contributed by atoms with van der Waals surface area (Å²) in [4.78, 5) is 3.89. The lowest BCUT2D eigenvalue weighted by molar-refractivity contribution is 0.588. The first-order valence-electron chi connectivity index (χ1n) is 4.12. The molecule has 0 unspecified atom stereocenters. The summed E-state index contributed by atoms with van der Waals surface area (Å²) < 4.78 is 23.9. The van der Waals surface area contributed by atoms with Crippen LogP contribution >= 0.6 is 0 Å². The first-order chi connectivity index (χ1) is 6.47. The molecule has 0 aliphatic rings. The summed E-state index contributed by atoms with van der Waals surface area (Å²) in [7, 11) is -3.10. The van der Waals surface area contributed by atoms with Crippen LogP contribution in [0.3, 0.4) is 0 Å². The lowest BCUT2D eigenvalue weighted by Gasteiger charge is -2.02. The number of anilines is 1. The predicted molar refractivity (Wildman–Crippen MR) is 55.2 cm³/mol. The number of nitrogen functional groups attached to an aromatic ring is 1. The smallest absolute Gasteiger partial charge is 0.208 e. The summed E-state index contributed by atoms with van der Waals surface area (Å²) in [6, 6.07) is 3.52. The Hall–Kier alpha value is -1.14. The molecule has 3 N–H and O–H groups in total. The van der Waals surface area contributed by atoms with Gasteiger partial charge in [0.15, 0.2) is 0 Å². The normalized spacial score (nSPS) is 11.5. The maximum atomic E-state index is 10.7. The van der Waals surface area contributed by atoms with Crippen molar-refractivity contribution in [3.63, 3.8) is 0 Å². The molecule has 0 atom stereocenters. The van der Waals surface area contributed by atoms with E-state index in [0.717, 1.165) is 11.8 Å². The van der Waals surface area contributed by atoms with Crippen molar-refractivity contribution >= 4 is 15.8 Å². The van der Waals surface area contributed by atoms with Gasteiger partial charge in [-0.05, 0) is 18.1 Å². The quantitative estimate of drug-likeness (QED) is 0.725. The van der Waals surface area contributed by atoms with E-state index in [2.05, 4.69) is 9.71 Å². The Morgan fingerprint density at radius 2 is 2.21 bits per heavy atom. The van der Waals surface area contributed by atoms with E-state index in [4.69, 9.17) is 5.73 Å². The molecule has 1 heterocycles. The molecule has 0 amide bonds. The SMILES string of the molecule is CS(=O)(=O)NCCc1ccc(N)nc1. The second kappa shape index (κ2) is 4.39. The fraction of sp³-hybridized carbons (Fsp3) is 0.375. The van der Waals surface area contributed by atoms with Gasteiger partial charge in [-0.2, -0.15) is 0 Å². The van der Waals surface area contributed by atoms with Crippen LogP contribution in [0.2, 0.25) is 0 Å². The Morgan fingerprint density at radius 3 is 2.71 bits per heavy atom. The summed E-state index contributed by atoms with van der Waals surface area (Å²) in [6.07, 6.45) is 3.38. The molecule has 1 aromatic rings. The summed E-state index contributed by atoms with van der Waals surface area (Å²) in [5.41, 5.74) is 6.36. The minimum atomic E-state index is -3.10. The van der Waals surface area contributed by atoms with E-state index in [9.17, 15) is 8.42 Å². The van der Waals surface area contributed by atoms with Crippen LogP contribution in [0.15, 0.2) is 18.3 Å². The highest BCUT2D eigenvalue weighted by atomic mass is 32.2. The van der Waals surface area contributed by atoms with Crippen molar-refractivity contribution in [3.8, 4) is 0 Å². The van der Waals surface area contributed by atoms with Crippen LogP contribution in [0.1, 0.15) is 5.56 Å². The largest absolute Gasteiger partial charge is 0.384 e. The van der Waals surface area contributed by atoms with Gasteiger partial charge in [-0.1, -0.05) is 6.07 Å². The number of aromatic nitrogens is 1. The van der Waals surface area contributed by atoms with Gasteiger partial charge in [-0.3, -0.25) is 0 Å². The van der Waals surface area contributed by atoms with E-state index in [1.807, 2.05) is 6.07 Å². The number of nitrogens with zero attached hydrogens (tertiary/aromatic N) is 1. The second-order valence-corrected chi connectivity index (χ2v) is 4.84. The molecule has 1 aromatic heterocycles. The highest BCUT2D eigenvalue weighted by molar-refractivity contribution is 7.88. The Bertz CT molecular complexity index is 386. The Morgan fingerprint density at radius 1 is 1.50 bits per heavy atom. The van der Waals surface area contributed by atoms with Crippen molar-refractivity contribution in [2.45, 2.75) is 6.42 Å². The lowest BCUT2D eigenvalue weighted by atomic mass is 10.2. The molecule has 0 spiro atoms. The van der Waals surface area contributed by atoms with Crippen LogP contribution in [0.25, 0.3) is 0 Å². The fourth-order valence-electron chi connectivity index (χ4n) is 0.965. The molecule has 0 aromatic carbocycles. The molecule has 6 heteroatoms. The number of hydrogen-bond acceptors (Lipinski definition) is 4. The summed E-state index contributed by atoms with van der Waals surface area (Å²) in [5, 5.41) is 0. The molecule has 0 bridgehead atoms. The molecule has 5 nitrogen and oxygen atoms in total. The lowest BCUT2D eigenvalue weighted by Crippen LogP contribution is -2.24. The number of hydrogen-bond donors (Lipinski definition) is 2. The molecular formula is C8H13N3O2S. The summed E-state index contributed by atoms with van der Waals surface area (Å²) >= 11 is 0. The topological polar surface area (TPSA) is 85.1 Å². The maximum Gasteiger partial charge on any atom is 0.208 e. The van der Waals surface area contributed by atoms with E-state index >= 15 is 0 Å². The van der Waals surface area contributed by atoms with E-state index in [-0.39, 0.29) is 0 Å². The maximum absolute atomic E-state index is 10.7. The standard InChI is InChI=1S/C8H13N3O2S/c1-14(12,13)11-5-4-7-2-3-8(9)10-6-7/h2-3,6,11H,4-5H2,1H3,(H2,9,10). The monoisotopic (exact) mass is 215 g/mol. The van der Waals surface area contributed by atoms with Crippen LogP contribution in [0, 0.1) is 0 Å². The molecule has 0 saturated heterocycles. The van der Waals surface area contributed by atoms with E-state index in [1.54, 1.807) is 12.3 Å². The van der Waals surface area contributed by atoms with Crippen LogP contribution < -0.4 is 10.5 Å². The van der Waals surface area contributed by atoms with Gasteiger partial charge in [0.1, 0.15) is 5.82 Å². The highest BCUT2D eigenvalue weighted by Gasteiger charge is 1.99. The first-order valence-corrected chi connectivity index (χ1v) is 6.01. The van der Waals surface area contributed by atoms with Crippen molar-refractivity contribution < 1.29 is 8.42 Å². The van der Waals surface area contributed by atoms with Crippen LogP contribution in [-0.4, -0.2) is 26.2 Å². The van der Waals surface area contributed by atoms with E-state index < -0.39 is 10.0 Å². The highest BCUT2D eigenvalue weighted by Crippen LogP contribution is 2.01. The second-order valence-electron chi connectivity index (χ2n) is 3.01. The number of nitrogens with one attached hydrogen (secondary N) is 1. The van der Waals surface area contributed by atoms with Crippen LogP contribution in [0.4, 0.5) is 5.82 Å². The zero-order valence-electron chi connectivity index (χ0n) is 7.90. The number of nitrogens with two attached hydrogens (primary N) is 1. The average molecular weight is 215 g/mol. The van der Waals surface area contributed by atoms with Crippen molar-refractivity contribution in [1.29, 1.82) is 0 Å². The van der Waals surface area contributed by atoms with Gasteiger partial charge in [0.2, 0.25) is 10.0 Å². The van der Waals surface area contributed by atoms with Crippen LogP contribution in [-0.2, 0) is 16.4 Å². The van der Waals surface area contributed by atoms with Gasteiger partial charge in [0.05, 0.1) is 6.26 Å². The molecule has 0 aliphatic heterocycles. The molecule has 0 radical (unpaired) electrons. The molecule has 0 aliphatic carbocycles. The minimum absolute atomic E-state index is 0.379. The minimum Gasteiger partial charge on any atom is -0.384 e. The number of rotatable bonds is 4. The summed E-state index contributed by atoms with van der Waals surface area (Å²) in [5.74, 6) is 0.463. The van der Waals surface area contributed by atoms with Crippen molar-refractivity contribution in [3.05, 3.63) is 23.9 Å². The zero-order chi connectivity index (χ0) is 10.6. The Balaban J connectivity index is 2.43. The average Bonchev–Trinajstić information content (AvgIpc) is 2.06. The zero-order valence-corrected chi connectivity index (χ0v) is 8.71. The van der Waals surface area contributed by atoms with E-state index in [1.165, 1.54) is 0 Å². The third-order valence-electron chi connectivity index (χ3n) is 1.63. The molecule has 1 rings (SSSR count). The summed E-state index contributed by atoms with van der Waals surface area (Å²) in [6.45, 7) is 0.379. The first kappa shape index (κ1) is 10.9. The van der Waals surface area contributed by atoms with Crippen molar-refractivity contribution in [1.82, 2.24) is 9.71 Å². The number of pyridine rings is 1. The molecule has 14 heavy (non-hydrogen) atoms. The Kier molecular flexibility index (Phi) is 3.43. The fourth-order valence-corrected chi connectivity index (χ4v) is 1.44. The Labute approximate surface area is 83.4 Å². The molecule has 78 valence electrons. The van der Waals surface area contributed by atoms with Crippen molar-refractivity contribution in [2.75, 3.05) is 18.5 Å². The van der Waals surface area contributed by atoms with Gasteiger partial charge in [-0.15, -0.1) is 0 Å².